The van der Waals surface area contributed by atoms with Gasteiger partial charge in [-0.05, 0) is 30.7 Å². The van der Waals surface area contributed by atoms with Gasteiger partial charge in [0.05, 0.1) is 11.7 Å². The van der Waals surface area contributed by atoms with Crippen LogP contribution < -0.4 is 5.32 Å². The summed E-state index contributed by atoms with van der Waals surface area (Å²) in [5.41, 5.74) is 1.57. The second-order valence-corrected chi connectivity index (χ2v) is 4.53. The van der Waals surface area contributed by atoms with Gasteiger partial charge in [-0.2, -0.15) is 5.10 Å². The van der Waals surface area contributed by atoms with Gasteiger partial charge in [-0.25, -0.2) is 8.78 Å². The van der Waals surface area contributed by atoms with E-state index in [2.05, 4.69) is 10.4 Å². The van der Waals surface area contributed by atoms with Crippen LogP contribution in [0.4, 0.5) is 8.78 Å². The average Bonchev–Trinajstić information content (AvgIpc) is 2.76. The molecule has 20 heavy (non-hydrogen) atoms. The number of aromatic nitrogens is 2. The highest BCUT2D eigenvalue weighted by Gasteiger charge is 2.18. The van der Waals surface area contributed by atoms with Gasteiger partial charge in [0.25, 0.3) is 5.91 Å². The predicted octanol–water partition coefficient (Wildman–Crippen LogP) is 2.31. The fourth-order valence-electron chi connectivity index (χ4n) is 1.96. The predicted molar refractivity (Wildman–Crippen MR) is 70.5 cm³/mol. The molecule has 0 saturated heterocycles. The first-order valence-corrected chi connectivity index (χ1v) is 6.14. The molecule has 0 saturated carbocycles. The van der Waals surface area contributed by atoms with E-state index in [0.29, 0.717) is 17.0 Å². The fourth-order valence-corrected chi connectivity index (χ4v) is 1.96. The normalized spacial score (nSPS) is 12.2. The van der Waals surface area contributed by atoms with Crippen LogP contribution >= 0.6 is 0 Å². The Bertz CT molecular complexity index is 607. The molecule has 0 aliphatic heterocycles. The maximum absolute atomic E-state index is 13.1. The average molecular weight is 279 g/mol. The second kappa shape index (κ2) is 5.81. The molecule has 0 fully saturated rings. The van der Waals surface area contributed by atoms with Crippen molar-refractivity contribution in [3.05, 3.63) is 53.1 Å². The third kappa shape index (κ3) is 3.01. The van der Waals surface area contributed by atoms with E-state index in [4.69, 9.17) is 0 Å². The number of benzene rings is 1. The van der Waals surface area contributed by atoms with Gasteiger partial charge in [0.1, 0.15) is 18.2 Å². The third-order valence-corrected chi connectivity index (χ3v) is 2.97. The van der Waals surface area contributed by atoms with Crippen LogP contribution in [0, 0.1) is 12.7 Å². The lowest BCUT2D eigenvalue weighted by Crippen LogP contribution is -2.31. The molecule has 0 aliphatic carbocycles. The topological polar surface area (TPSA) is 46.9 Å². The van der Waals surface area contributed by atoms with E-state index >= 15 is 0 Å². The highest BCUT2D eigenvalue weighted by atomic mass is 19.1. The Morgan fingerprint density at radius 2 is 2.05 bits per heavy atom. The third-order valence-electron chi connectivity index (χ3n) is 2.97. The SMILES string of the molecule is Cc1cc(C(=O)NC(CF)c2ccc(F)cc2)n(C)n1. The minimum absolute atomic E-state index is 0.350. The maximum atomic E-state index is 13.1. The number of nitrogens with one attached hydrogen (secondary N) is 1. The molecule has 2 aromatic rings. The smallest absolute Gasteiger partial charge is 0.270 e. The highest BCUT2D eigenvalue weighted by molar-refractivity contribution is 5.92. The van der Waals surface area contributed by atoms with E-state index < -0.39 is 24.4 Å². The molecular formula is C14H15F2N3O. The van der Waals surface area contributed by atoms with Crippen molar-refractivity contribution in [3.63, 3.8) is 0 Å². The van der Waals surface area contributed by atoms with Crippen molar-refractivity contribution < 1.29 is 13.6 Å². The van der Waals surface area contributed by atoms with Gasteiger partial charge in [0, 0.05) is 7.05 Å². The maximum Gasteiger partial charge on any atom is 0.270 e. The monoisotopic (exact) mass is 279 g/mol. The molecule has 0 spiro atoms. The Balaban J connectivity index is 2.16. The standard InChI is InChI=1S/C14H15F2N3O/c1-9-7-13(19(2)18-9)14(20)17-12(8-15)10-3-5-11(16)6-4-10/h3-7,12H,8H2,1-2H3,(H,17,20). The first-order chi connectivity index (χ1) is 9.51. The summed E-state index contributed by atoms with van der Waals surface area (Å²) in [6, 6.07) is 6.19. The Kier molecular flexibility index (Phi) is 4.12. The minimum atomic E-state index is -0.807. The molecular weight excluding hydrogens is 264 g/mol. The van der Waals surface area contributed by atoms with Crippen LogP contribution in [0.15, 0.2) is 30.3 Å². The molecule has 1 amide bonds. The molecule has 106 valence electrons. The zero-order valence-electron chi connectivity index (χ0n) is 11.2. The number of hydrogen-bond donors (Lipinski definition) is 1. The lowest BCUT2D eigenvalue weighted by atomic mass is 10.1. The number of hydrogen-bond acceptors (Lipinski definition) is 2. The van der Waals surface area contributed by atoms with Crippen molar-refractivity contribution in [1.82, 2.24) is 15.1 Å². The van der Waals surface area contributed by atoms with Crippen LogP contribution in [0.3, 0.4) is 0 Å². The van der Waals surface area contributed by atoms with Crippen molar-refractivity contribution in [3.8, 4) is 0 Å². The molecule has 1 aromatic heterocycles. The van der Waals surface area contributed by atoms with Crippen LogP contribution in [0.2, 0.25) is 0 Å². The number of rotatable bonds is 4. The zero-order chi connectivity index (χ0) is 14.7. The first kappa shape index (κ1) is 14.2. The molecule has 1 heterocycles. The van der Waals surface area contributed by atoms with Crippen LogP contribution in [0.25, 0.3) is 0 Å². The summed E-state index contributed by atoms with van der Waals surface area (Å²) in [5, 5.41) is 6.64. The van der Waals surface area contributed by atoms with Crippen molar-refractivity contribution >= 4 is 5.91 Å². The van der Waals surface area contributed by atoms with E-state index in [1.165, 1.54) is 28.9 Å². The van der Waals surface area contributed by atoms with Gasteiger partial charge < -0.3 is 5.32 Å². The van der Waals surface area contributed by atoms with Crippen molar-refractivity contribution in [2.75, 3.05) is 6.67 Å². The van der Waals surface area contributed by atoms with E-state index in [0.717, 1.165) is 0 Å². The largest absolute Gasteiger partial charge is 0.341 e. The summed E-state index contributed by atoms with van der Waals surface area (Å²) >= 11 is 0. The van der Waals surface area contributed by atoms with Crippen molar-refractivity contribution in [2.45, 2.75) is 13.0 Å². The van der Waals surface area contributed by atoms with E-state index in [1.807, 2.05) is 0 Å². The van der Waals surface area contributed by atoms with Gasteiger partial charge in [-0.1, -0.05) is 12.1 Å². The molecule has 1 aromatic carbocycles. The summed E-state index contributed by atoms with van der Waals surface area (Å²) in [4.78, 5) is 12.1. The lowest BCUT2D eigenvalue weighted by Gasteiger charge is -2.15. The first-order valence-electron chi connectivity index (χ1n) is 6.14. The van der Waals surface area contributed by atoms with Gasteiger partial charge >= 0.3 is 0 Å². The van der Waals surface area contributed by atoms with Gasteiger partial charge in [-0.3, -0.25) is 9.48 Å². The number of aryl methyl sites for hydroxylation is 2. The lowest BCUT2D eigenvalue weighted by molar-refractivity contribution is 0.0920. The van der Waals surface area contributed by atoms with Gasteiger partial charge in [0.15, 0.2) is 0 Å². The van der Waals surface area contributed by atoms with Gasteiger partial charge in [-0.15, -0.1) is 0 Å². The van der Waals surface area contributed by atoms with Crippen LogP contribution in [0.1, 0.15) is 27.8 Å². The quantitative estimate of drug-likeness (QED) is 0.933. The molecule has 0 aliphatic rings. The zero-order valence-corrected chi connectivity index (χ0v) is 11.2. The Morgan fingerprint density at radius 1 is 1.40 bits per heavy atom. The number of halogens is 2. The minimum Gasteiger partial charge on any atom is -0.341 e. The van der Waals surface area contributed by atoms with E-state index in [1.54, 1.807) is 20.0 Å². The highest BCUT2D eigenvalue weighted by Crippen LogP contribution is 2.15. The Hall–Kier alpha value is -2.24. The summed E-state index contributed by atoms with van der Waals surface area (Å²) in [6.07, 6.45) is 0. The van der Waals surface area contributed by atoms with Crippen LogP contribution in [-0.4, -0.2) is 22.4 Å². The van der Waals surface area contributed by atoms with Crippen LogP contribution in [0.5, 0.6) is 0 Å². The molecule has 0 radical (unpaired) electrons. The number of nitrogens with zero attached hydrogens (tertiary/aromatic N) is 2. The van der Waals surface area contributed by atoms with E-state index in [-0.39, 0.29) is 0 Å². The number of alkyl halides is 1. The molecule has 0 bridgehead atoms. The Morgan fingerprint density at radius 3 is 2.55 bits per heavy atom. The van der Waals surface area contributed by atoms with Crippen molar-refractivity contribution in [1.29, 1.82) is 0 Å². The summed E-state index contributed by atoms with van der Waals surface area (Å²) in [5.74, 6) is -0.819. The number of carbonyl (C=O) groups excluding carboxylic acids is 1. The summed E-state index contributed by atoms with van der Waals surface area (Å²) in [6.45, 7) is 0.998. The fraction of sp³-hybridized carbons (Fsp3) is 0.286. The number of amides is 1. The molecule has 2 rings (SSSR count). The molecule has 1 atom stereocenters. The number of carbonyl (C=O) groups is 1. The van der Waals surface area contributed by atoms with Gasteiger partial charge in [0.2, 0.25) is 0 Å². The van der Waals surface area contributed by atoms with Crippen LogP contribution in [-0.2, 0) is 7.05 Å². The summed E-state index contributed by atoms with van der Waals surface area (Å²) in [7, 11) is 1.64. The molecule has 1 N–H and O–H groups in total. The molecule has 1 unspecified atom stereocenters. The second-order valence-electron chi connectivity index (χ2n) is 4.53. The molecule has 6 heteroatoms. The Labute approximate surface area is 115 Å². The molecule has 4 nitrogen and oxygen atoms in total. The summed E-state index contributed by atoms with van der Waals surface area (Å²) < 4.78 is 27.4. The van der Waals surface area contributed by atoms with Crippen molar-refractivity contribution in [2.24, 2.45) is 7.05 Å². The van der Waals surface area contributed by atoms with E-state index in [9.17, 15) is 13.6 Å².